The second-order valence-corrected chi connectivity index (χ2v) is 5.74. The Morgan fingerprint density at radius 1 is 1.40 bits per heavy atom. The van der Waals surface area contributed by atoms with Crippen LogP contribution in [0.2, 0.25) is 5.02 Å². The van der Waals surface area contributed by atoms with E-state index in [1.54, 1.807) is 29.1 Å². The Bertz CT molecular complexity index is 948. The minimum Gasteiger partial charge on any atom is -0.320 e. The van der Waals surface area contributed by atoms with E-state index >= 15 is 0 Å². The van der Waals surface area contributed by atoms with Gasteiger partial charge in [-0.3, -0.25) is 24.3 Å². The number of anilines is 1. The van der Waals surface area contributed by atoms with Gasteiger partial charge in [0.2, 0.25) is 5.69 Å². The second-order valence-electron chi connectivity index (χ2n) is 5.30. The molecule has 0 fully saturated rings. The Labute approximate surface area is 147 Å². The maximum Gasteiger partial charge on any atom is 0.320 e. The van der Waals surface area contributed by atoms with Crippen LogP contribution in [0.1, 0.15) is 16.1 Å². The number of carbonyl (C=O) groups is 1. The highest BCUT2D eigenvalue weighted by atomic mass is 35.5. The number of aromatic nitrogens is 4. The molecule has 2 aromatic heterocycles. The van der Waals surface area contributed by atoms with Gasteiger partial charge in [0.05, 0.1) is 22.7 Å². The maximum atomic E-state index is 12.3. The summed E-state index contributed by atoms with van der Waals surface area (Å²) >= 11 is 5.83. The number of halogens is 1. The zero-order chi connectivity index (χ0) is 18.0. The van der Waals surface area contributed by atoms with E-state index in [0.29, 0.717) is 17.3 Å². The summed E-state index contributed by atoms with van der Waals surface area (Å²) in [5.41, 5.74) is 0.799. The number of hydrogen-bond acceptors (Lipinski definition) is 5. The quantitative estimate of drug-likeness (QED) is 0.555. The second kappa shape index (κ2) is 6.73. The first kappa shape index (κ1) is 16.7. The molecule has 3 aromatic rings. The van der Waals surface area contributed by atoms with Gasteiger partial charge in [-0.2, -0.15) is 10.2 Å². The molecule has 0 radical (unpaired) electrons. The van der Waals surface area contributed by atoms with Crippen LogP contribution < -0.4 is 5.32 Å². The zero-order valence-corrected chi connectivity index (χ0v) is 13.8. The molecular weight excluding hydrogens is 348 g/mol. The Hall–Kier alpha value is -3.20. The zero-order valence-electron chi connectivity index (χ0n) is 13.1. The number of carbonyl (C=O) groups excluding carboxylic acids is 1. The largest absolute Gasteiger partial charge is 0.320 e. The monoisotopic (exact) mass is 360 g/mol. The van der Waals surface area contributed by atoms with E-state index < -0.39 is 10.8 Å². The Morgan fingerprint density at radius 3 is 2.88 bits per heavy atom. The molecule has 10 heteroatoms. The summed E-state index contributed by atoms with van der Waals surface area (Å²) in [6.07, 6.45) is 4.41. The summed E-state index contributed by atoms with van der Waals surface area (Å²) in [4.78, 5) is 22.7. The lowest BCUT2D eigenvalue weighted by Crippen LogP contribution is -2.14. The van der Waals surface area contributed by atoms with Crippen LogP contribution in [0.3, 0.4) is 0 Å². The molecule has 1 amide bonds. The van der Waals surface area contributed by atoms with E-state index in [1.165, 1.54) is 24.1 Å². The maximum absolute atomic E-state index is 12.3. The molecule has 0 spiro atoms. The summed E-state index contributed by atoms with van der Waals surface area (Å²) in [6, 6.07) is 7.08. The molecule has 0 saturated heterocycles. The van der Waals surface area contributed by atoms with Gasteiger partial charge in [0.15, 0.2) is 0 Å². The van der Waals surface area contributed by atoms with Crippen LogP contribution in [-0.2, 0) is 13.6 Å². The lowest BCUT2D eigenvalue weighted by molar-refractivity contribution is -0.385. The van der Waals surface area contributed by atoms with Crippen molar-refractivity contribution in [3.8, 4) is 0 Å². The fraction of sp³-hybridized carbons (Fsp3) is 0.133. The fourth-order valence-corrected chi connectivity index (χ4v) is 2.48. The highest BCUT2D eigenvalue weighted by molar-refractivity contribution is 6.30. The Kier molecular flexibility index (Phi) is 4.48. The molecule has 0 aliphatic heterocycles. The van der Waals surface area contributed by atoms with E-state index in [-0.39, 0.29) is 11.4 Å². The van der Waals surface area contributed by atoms with Gasteiger partial charge in [-0.25, -0.2) is 0 Å². The van der Waals surface area contributed by atoms with Crippen molar-refractivity contribution < 1.29 is 9.72 Å². The first-order valence-corrected chi connectivity index (χ1v) is 7.56. The lowest BCUT2D eigenvalue weighted by Gasteiger charge is -2.06. The predicted molar refractivity (Wildman–Crippen MR) is 90.6 cm³/mol. The average molecular weight is 361 g/mol. The standard InChI is InChI=1S/C15H13ClN6O3/c1-20-9-13(22(24)25)14(19-20)15(23)18-12-4-2-3-10(5-12)7-21-8-11(16)6-17-21/h2-6,8-9H,7H2,1H3,(H,18,23). The summed E-state index contributed by atoms with van der Waals surface area (Å²) in [5, 5.41) is 22.1. The number of nitro groups is 1. The first-order chi connectivity index (χ1) is 11.9. The SMILES string of the molecule is Cn1cc([N+](=O)[O-])c(C(=O)Nc2cccc(Cn3cc(Cl)cn3)c2)n1. The molecule has 0 saturated carbocycles. The van der Waals surface area contributed by atoms with Gasteiger partial charge in [0.25, 0.3) is 5.91 Å². The van der Waals surface area contributed by atoms with E-state index in [0.717, 1.165) is 5.56 Å². The summed E-state index contributed by atoms with van der Waals surface area (Å²) in [6.45, 7) is 0.472. The Morgan fingerprint density at radius 2 is 2.20 bits per heavy atom. The van der Waals surface area contributed by atoms with Crippen LogP contribution in [0.25, 0.3) is 0 Å². The number of nitrogens with zero attached hydrogens (tertiary/aromatic N) is 5. The van der Waals surface area contributed by atoms with Crippen LogP contribution in [0.15, 0.2) is 42.9 Å². The third-order valence-corrected chi connectivity index (χ3v) is 3.55. The molecule has 0 atom stereocenters. The Balaban J connectivity index is 1.78. The predicted octanol–water partition coefficient (Wildman–Crippen LogP) is 2.48. The highest BCUT2D eigenvalue weighted by Crippen LogP contribution is 2.19. The van der Waals surface area contributed by atoms with Crippen molar-refractivity contribution in [3.63, 3.8) is 0 Å². The normalized spacial score (nSPS) is 10.6. The molecule has 128 valence electrons. The van der Waals surface area contributed by atoms with Gasteiger partial charge in [0.1, 0.15) is 6.20 Å². The third kappa shape index (κ3) is 3.83. The summed E-state index contributed by atoms with van der Waals surface area (Å²) in [7, 11) is 1.51. The van der Waals surface area contributed by atoms with Crippen molar-refractivity contribution in [2.75, 3.05) is 5.32 Å². The first-order valence-electron chi connectivity index (χ1n) is 7.18. The molecule has 3 rings (SSSR count). The van der Waals surface area contributed by atoms with Crippen LogP contribution >= 0.6 is 11.6 Å². The molecule has 2 heterocycles. The number of rotatable bonds is 5. The van der Waals surface area contributed by atoms with Crippen LogP contribution in [-0.4, -0.2) is 30.4 Å². The van der Waals surface area contributed by atoms with Gasteiger partial charge >= 0.3 is 5.69 Å². The molecule has 0 aliphatic carbocycles. The van der Waals surface area contributed by atoms with Gasteiger partial charge in [-0.05, 0) is 17.7 Å². The summed E-state index contributed by atoms with van der Waals surface area (Å²) < 4.78 is 2.89. The van der Waals surface area contributed by atoms with E-state index in [2.05, 4.69) is 15.5 Å². The third-order valence-electron chi connectivity index (χ3n) is 3.35. The molecule has 0 bridgehead atoms. The molecule has 25 heavy (non-hydrogen) atoms. The number of hydrogen-bond donors (Lipinski definition) is 1. The van der Waals surface area contributed by atoms with Gasteiger partial charge in [0, 0.05) is 18.9 Å². The fourth-order valence-electron chi connectivity index (χ4n) is 2.32. The molecule has 0 aliphatic rings. The topological polar surface area (TPSA) is 108 Å². The van der Waals surface area contributed by atoms with Gasteiger partial charge in [-0.1, -0.05) is 23.7 Å². The van der Waals surface area contributed by atoms with Gasteiger partial charge in [-0.15, -0.1) is 0 Å². The van der Waals surface area contributed by atoms with Crippen molar-refractivity contribution in [1.29, 1.82) is 0 Å². The molecule has 0 unspecified atom stereocenters. The highest BCUT2D eigenvalue weighted by Gasteiger charge is 2.24. The van der Waals surface area contributed by atoms with Crippen molar-refractivity contribution >= 4 is 28.9 Å². The lowest BCUT2D eigenvalue weighted by atomic mass is 10.2. The molecule has 9 nitrogen and oxygen atoms in total. The van der Waals surface area contributed by atoms with Crippen LogP contribution in [0.4, 0.5) is 11.4 Å². The summed E-state index contributed by atoms with van der Waals surface area (Å²) in [5.74, 6) is -0.647. The van der Waals surface area contributed by atoms with Crippen molar-refractivity contribution in [3.05, 3.63) is 69.3 Å². The number of aryl methyl sites for hydroxylation is 1. The molecular formula is C15H13ClN6O3. The van der Waals surface area contributed by atoms with Crippen molar-refractivity contribution in [2.45, 2.75) is 6.54 Å². The van der Waals surface area contributed by atoms with E-state index in [4.69, 9.17) is 11.6 Å². The van der Waals surface area contributed by atoms with Gasteiger partial charge < -0.3 is 5.32 Å². The van der Waals surface area contributed by atoms with Crippen LogP contribution in [0.5, 0.6) is 0 Å². The molecule has 1 N–H and O–H groups in total. The number of amides is 1. The number of benzene rings is 1. The van der Waals surface area contributed by atoms with E-state index in [9.17, 15) is 14.9 Å². The minimum absolute atomic E-state index is 0.239. The van der Waals surface area contributed by atoms with Crippen LogP contribution in [0, 0.1) is 10.1 Å². The van der Waals surface area contributed by atoms with Crippen molar-refractivity contribution in [2.24, 2.45) is 7.05 Å². The average Bonchev–Trinajstić information content (AvgIpc) is 3.13. The van der Waals surface area contributed by atoms with Crippen molar-refractivity contribution in [1.82, 2.24) is 19.6 Å². The molecule has 1 aromatic carbocycles. The number of nitrogens with one attached hydrogen (secondary N) is 1. The minimum atomic E-state index is -0.647. The van der Waals surface area contributed by atoms with E-state index in [1.807, 2.05) is 6.07 Å². The smallest absolute Gasteiger partial charge is 0.320 e.